The van der Waals surface area contributed by atoms with Crippen LogP contribution in [0.2, 0.25) is 0 Å². The number of anilines is 1. The number of aliphatic hydroxyl groups excluding tert-OH is 1. The van der Waals surface area contributed by atoms with Gasteiger partial charge in [0.25, 0.3) is 0 Å². The molecule has 1 heterocycles. The number of aryl methyl sites for hydroxylation is 1. The fourth-order valence-corrected chi connectivity index (χ4v) is 4.30. The molecule has 0 amide bonds. The van der Waals surface area contributed by atoms with Crippen LogP contribution in [-0.2, 0) is 11.2 Å². The highest BCUT2D eigenvalue weighted by atomic mass is 19.1. The molecule has 28 heavy (non-hydrogen) atoms. The third kappa shape index (κ3) is 4.72. The van der Waals surface area contributed by atoms with E-state index < -0.39 is 6.10 Å². The molecule has 4 rings (SSSR count). The Morgan fingerprint density at radius 1 is 1.04 bits per heavy atom. The van der Waals surface area contributed by atoms with Gasteiger partial charge in [-0.25, -0.2) is 4.39 Å². The first-order valence-corrected chi connectivity index (χ1v) is 10.3. The molecule has 1 aliphatic carbocycles. The summed E-state index contributed by atoms with van der Waals surface area (Å²) in [5.74, 6) is -0.203. The lowest BCUT2D eigenvalue weighted by Gasteiger charge is -2.37. The Bertz CT molecular complexity index is 759. The summed E-state index contributed by atoms with van der Waals surface area (Å²) in [5.41, 5.74) is 3.72. The van der Waals surface area contributed by atoms with E-state index in [-0.39, 0.29) is 11.9 Å². The summed E-state index contributed by atoms with van der Waals surface area (Å²) in [6.07, 6.45) is 2.92. The Hall–Kier alpha value is -1.95. The van der Waals surface area contributed by atoms with Crippen LogP contribution >= 0.6 is 0 Å². The summed E-state index contributed by atoms with van der Waals surface area (Å²) >= 11 is 0. The zero-order valence-corrected chi connectivity index (χ0v) is 16.3. The number of β-amino-alcohol motifs (C(OH)–C–C–N with tert-alkyl or cyclic N) is 1. The van der Waals surface area contributed by atoms with Gasteiger partial charge in [-0.2, -0.15) is 0 Å². The predicted molar refractivity (Wildman–Crippen MR) is 109 cm³/mol. The fraction of sp³-hybridized carbons (Fsp3) is 0.478. The molecule has 1 aliphatic heterocycles. The van der Waals surface area contributed by atoms with Gasteiger partial charge in [0.15, 0.2) is 0 Å². The minimum atomic E-state index is -0.480. The van der Waals surface area contributed by atoms with Crippen LogP contribution in [-0.4, -0.2) is 55.4 Å². The fourth-order valence-electron chi connectivity index (χ4n) is 4.30. The first-order chi connectivity index (χ1) is 13.7. The zero-order chi connectivity index (χ0) is 19.3. The molecule has 1 N–H and O–H groups in total. The quantitative estimate of drug-likeness (QED) is 0.828. The van der Waals surface area contributed by atoms with Gasteiger partial charge in [0, 0.05) is 38.4 Å². The zero-order valence-electron chi connectivity index (χ0n) is 16.3. The second-order valence-corrected chi connectivity index (χ2v) is 7.83. The van der Waals surface area contributed by atoms with E-state index in [2.05, 4.69) is 34.1 Å². The lowest BCUT2D eigenvalue weighted by atomic mass is 9.89. The molecular weight excluding hydrogens is 355 g/mol. The normalized spacial score (nSPS) is 21.4. The van der Waals surface area contributed by atoms with Crippen LogP contribution in [0.1, 0.15) is 30.1 Å². The number of hydrogen-bond donors (Lipinski definition) is 1. The molecule has 0 radical (unpaired) electrons. The number of rotatable bonds is 6. The molecule has 150 valence electrons. The van der Waals surface area contributed by atoms with Crippen LogP contribution in [0.4, 0.5) is 10.1 Å². The Morgan fingerprint density at radius 2 is 1.79 bits per heavy atom. The maximum Gasteiger partial charge on any atom is 0.123 e. The van der Waals surface area contributed by atoms with Gasteiger partial charge in [-0.3, -0.25) is 4.90 Å². The van der Waals surface area contributed by atoms with Crippen LogP contribution in [0, 0.1) is 5.82 Å². The van der Waals surface area contributed by atoms with E-state index in [1.54, 1.807) is 0 Å². The van der Waals surface area contributed by atoms with Crippen molar-refractivity contribution in [1.82, 2.24) is 4.90 Å². The van der Waals surface area contributed by atoms with Crippen molar-refractivity contribution in [2.75, 3.05) is 44.2 Å². The smallest absolute Gasteiger partial charge is 0.123 e. The maximum atomic E-state index is 13.1. The van der Waals surface area contributed by atoms with Crippen molar-refractivity contribution in [2.24, 2.45) is 0 Å². The lowest BCUT2D eigenvalue weighted by Crippen LogP contribution is -2.49. The first-order valence-electron chi connectivity index (χ1n) is 10.3. The van der Waals surface area contributed by atoms with Crippen molar-refractivity contribution in [2.45, 2.75) is 31.5 Å². The Morgan fingerprint density at radius 3 is 2.57 bits per heavy atom. The minimum absolute atomic E-state index is 0.106. The van der Waals surface area contributed by atoms with Gasteiger partial charge in [0.05, 0.1) is 18.8 Å². The van der Waals surface area contributed by atoms with Gasteiger partial charge in [0.2, 0.25) is 0 Å². The van der Waals surface area contributed by atoms with Crippen LogP contribution in [0.15, 0.2) is 48.5 Å². The Labute approximate surface area is 166 Å². The summed E-state index contributed by atoms with van der Waals surface area (Å²) < 4.78 is 19.2. The number of nitrogens with zero attached hydrogens (tertiary/aromatic N) is 2. The number of halogens is 1. The van der Waals surface area contributed by atoms with E-state index in [9.17, 15) is 9.50 Å². The van der Waals surface area contributed by atoms with Gasteiger partial charge in [-0.1, -0.05) is 24.3 Å². The van der Waals surface area contributed by atoms with E-state index in [0.29, 0.717) is 13.2 Å². The summed E-state index contributed by atoms with van der Waals surface area (Å²) in [5, 5.41) is 10.5. The number of hydrogen-bond acceptors (Lipinski definition) is 4. The number of ether oxygens (including phenoxy) is 1. The van der Waals surface area contributed by atoms with Gasteiger partial charge in [0.1, 0.15) is 5.82 Å². The summed E-state index contributed by atoms with van der Waals surface area (Å²) in [7, 11) is 0. The molecule has 1 saturated heterocycles. The highest BCUT2D eigenvalue weighted by molar-refractivity contribution is 5.46. The molecular formula is C23H29FN2O2. The molecule has 2 aliphatic rings. The van der Waals surface area contributed by atoms with E-state index in [0.717, 1.165) is 51.1 Å². The Kier molecular flexibility index (Phi) is 6.25. The highest BCUT2D eigenvalue weighted by Crippen LogP contribution is 2.32. The number of piperazine rings is 1. The molecule has 2 aromatic rings. The van der Waals surface area contributed by atoms with Crippen LogP contribution in [0.5, 0.6) is 0 Å². The van der Waals surface area contributed by atoms with Gasteiger partial charge in [-0.15, -0.1) is 0 Å². The average Bonchev–Trinajstić information content (AvgIpc) is 2.73. The molecule has 0 unspecified atom stereocenters. The lowest BCUT2D eigenvalue weighted by molar-refractivity contribution is -0.0285. The summed E-state index contributed by atoms with van der Waals surface area (Å²) in [4.78, 5) is 4.54. The molecule has 0 bridgehead atoms. The minimum Gasteiger partial charge on any atom is -0.389 e. The standard InChI is InChI=1S/C23H29FN2O2/c24-19-8-10-20(11-9-19)26-14-12-25(13-15-26)16-21(27)17-28-23-7-3-5-18-4-1-2-6-22(18)23/h1-2,4,6,8-11,21,23,27H,3,5,7,12-17H2/t21-,23+/m0/s1. The van der Waals surface area contributed by atoms with Crippen molar-refractivity contribution in [1.29, 1.82) is 0 Å². The molecule has 2 atom stereocenters. The SMILES string of the molecule is O[C@H](CO[C@@H]1CCCc2ccccc21)CN1CCN(c2ccc(F)cc2)CC1. The number of aliphatic hydroxyl groups is 1. The average molecular weight is 384 g/mol. The number of benzene rings is 2. The molecule has 0 aromatic heterocycles. The number of fused-ring (bicyclic) bond motifs is 1. The van der Waals surface area contributed by atoms with Crippen LogP contribution < -0.4 is 4.90 Å². The summed E-state index contributed by atoms with van der Waals surface area (Å²) in [6.45, 7) is 4.55. The monoisotopic (exact) mass is 384 g/mol. The largest absolute Gasteiger partial charge is 0.389 e. The van der Waals surface area contributed by atoms with Gasteiger partial charge in [-0.05, 0) is 54.7 Å². The van der Waals surface area contributed by atoms with Crippen molar-refractivity contribution < 1.29 is 14.2 Å². The molecule has 0 spiro atoms. The summed E-state index contributed by atoms with van der Waals surface area (Å²) in [6, 6.07) is 15.2. The van der Waals surface area contributed by atoms with Gasteiger partial charge >= 0.3 is 0 Å². The molecule has 2 aromatic carbocycles. The highest BCUT2D eigenvalue weighted by Gasteiger charge is 2.23. The second kappa shape index (κ2) is 9.03. The third-order valence-electron chi connectivity index (χ3n) is 5.84. The topological polar surface area (TPSA) is 35.9 Å². The van der Waals surface area contributed by atoms with E-state index in [1.807, 2.05) is 12.1 Å². The molecule has 5 heteroatoms. The molecule has 4 nitrogen and oxygen atoms in total. The van der Waals surface area contributed by atoms with E-state index >= 15 is 0 Å². The van der Waals surface area contributed by atoms with Crippen LogP contribution in [0.3, 0.4) is 0 Å². The van der Waals surface area contributed by atoms with E-state index in [1.165, 1.54) is 23.3 Å². The second-order valence-electron chi connectivity index (χ2n) is 7.83. The Balaban J connectivity index is 1.22. The van der Waals surface area contributed by atoms with Crippen molar-refractivity contribution in [3.05, 3.63) is 65.5 Å². The maximum absolute atomic E-state index is 13.1. The first kappa shape index (κ1) is 19.4. The third-order valence-corrected chi connectivity index (χ3v) is 5.84. The van der Waals surface area contributed by atoms with Crippen LogP contribution in [0.25, 0.3) is 0 Å². The predicted octanol–water partition coefficient (Wildman–Crippen LogP) is 3.40. The molecule has 0 saturated carbocycles. The molecule has 1 fully saturated rings. The van der Waals surface area contributed by atoms with Crippen molar-refractivity contribution in [3.63, 3.8) is 0 Å². The van der Waals surface area contributed by atoms with Crippen molar-refractivity contribution in [3.8, 4) is 0 Å². The van der Waals surface area contributed by atoms with Gasteiger partial charge < -0.3 is 14.7 Å². The van der Waals surface area contributed by atoms with E-state index in [4.69, 9.17) is 4.74 Å². The van der Waals surface area contributed by atoms with Crippen molar-refractivity contribution >= 4 is 5.69 Å².